The first-order valence-electron chi connectivity index (χ1n) is 6.13. The van der Waals surface area contributed by atoms with Gasteiger partial charge in [0.25, 0.3) is 0 Å². The van der Waals surface area contributed by atoms with Crippen LogP contribution in [-0.4, -0.2) is 44.9 Å². The van der Waals surface area contributed by atoms with Gasteiger partial charge in [-0.15, -0.1) is 0 Å². The van der Waals surface area contributed by atoms with Crippen LogP contribution in [0, 0.1) is 0 Å². The highest BCUT2D eigenvalue weighted by molar-refractivity contribution is 5.66. The quantitative estimate of drug-likeness (QED) is 0.840. The molecule has 2 atom stereocenters. The minimum Gasteiger partial charge on any atom is -0.481 e. The first-order valence-corrected chi connectivity index (χ1v) is 6.13. The number of carboxylic acid groups (broad SMARTS) is 1. The Morgan fingerprint density at radius 3 is 3.12 bits per heavy atom. The van der Waals surface area contributed by atoms with Crippen LogP contribution in [0.25, 0.3) is 0 Å². The van der Waals surface area contributed by atoms with E-state index in [1.54, 1.807) is 6.20 Å². The van der Waals surface area contributed by atoms with Crippen LogP contribution in [-0.2, 0) is 4.79 Å². The van der Waals surface area contributed by atoms with Gasteiger partial charge in [0.1, 0.15) is 0 Å². The van der Waals surface area contributed by atoms with Gasteiger partial charge in [-0.25, -0.2) is 0 Å². The summed E-state index contributed by atoms with van der Waals surface area (Å²) >= 11 is 0. The molecule has 1 aromatic heterocycles. The van der Waals surface area contributed by atoms with Crippen LogP contribution in [0.15, 0.2) is 18.5 Å². The van der Waals surface area contributed by atoms with Crippen molar-refractivity contribution in [2.45, 2.75) is 38.3 Å². The Balaban J connectivity index is 1.96. The molecule has 0 saturated carbocycles. The van der Waals surface area contributed by atoms with Gasteiger partial charge in [0.2, 0.25) is 0 Å². The summed E-state index contributed by atoms with van der Waals surface area (Å²) in [5.74, 6) is -0.720. The molecule has 1 aliphatic rings. The molecule has 0 aromatic carbocycles. The monoisotopic (exact) mass is 237 g/mol. The number of likely N-dealkylation sites (tertiary alicyclic amines) is 1. The molecule has 2 rings (SSSR count). The molecule has 0 amide bonds. The van der Waals surface area contributed by atoms with Crippen molar-refractivity contribution in [2.75, 3.05) is 13.1 Å². The van der Waals surface area contributed by atoms with Crippen molar-refractivity contribution < 1.29 is 9.90 Å². The number of aromatic nitrogens is 2. The lowest BCUT2D eigenvalue weighted by atomic mass is 10.1. The summed E-state index contributed by atoms with van der Waals surface area (Å²) in [5, 5.41) is 13.0. The summed E-state index contributed by atoms with van der Waals surface area (Å²) in [6, 6.07) is 2.64. The molecule has 5 heteroatoms. The third kappa shape index (κ3) is 2.85. The fourth-order valence-electron chi connectivity index (χ4n) is 2.61. The second kappa shape index (κ2) is 5.31. The molecule has 1 N–H and O–H groups in total. The van der Waals surface area contributed by atoms with Crippen molar-refractivity contribution in [3.05, 3.63) is 18.5 Å². The normalized spacial score (nSPS) is 22.8. The van der Waals surface area contributed by atoms with E-state index in [1.807, 2.05) is 16.9 Å². The smallest absolute Gasteiger partial charge is 0.304 e. The molecule has 0 radical (unpaired) electrons. The van der Waals surface area contributed by atoms with Gasteiger partial charge < -0.3 is 5.11 Å². The molecule has 0 spiro atoms. The fraction of sp³-hybridized carbons (Fsp3) is 0.667. The maximum Gasteiger partial charge on any atom is 0.304 e. The Morgan fingerprint density at radius 1 is 1.65 bits per heavy atom. The molecule has 1 aliphatic heterocycles. The van der Waals surface area contributed by atoms with Crippen LogP contribution in [0.4, 0.5) is 0 Å². The Morgan fingerprint density at radius 2 is 2.47 bits per heavy atom. The van der Waals surface area contributed by atoms with Gasteiger partial charge in [-0.2, -0.15) is 5.10 Å². The van der Waals surface area contributed by atoms with E-state index in [0.717, 1.165) is 19.4 Å². The van der Waals surface area contributed by atoms with Crippen LogP contribution in [0.1, 0.15) is 32.2 Å². The first-order chi connectivity index (χ1) is 8.18. The first kappa shape index (κ1) is 12.1. The van der Waals surface area contributed by atoms with Gasteiger partial charge in [-0.1, -0.05) is 0 Å². The average molecular weight is 237 g/mol. The highest BCUT2D eigenvalue weighted by Gasteiger charge is 2.30. The van der Waals surface area contributed by atoms with E-state index in [2.05, 4.69) is 16.9 Å². The predicted molar refractivity (Wildman–Crippen MR) is 63.8 cm³/mol. The molecular formula is C12H19N3O2. The number of rotatable bonds is 5. The minimum atomic E-state index is -0.720. The van der Waals surface area contributed by atoms with Crippen LogP contribution in [0.3, 0.4) is 0 Å². The average Bonchev–Trinajstić information content (AvgIpc) is 2.96. The molecule has 17 heavy (non-hydrogen) atoms. The fourth-order valence-corrected chi connectivity index (χ4v) is 2.61. The molecule has 0 bridgehead atoms. The zero-order valence-electron chi connectivity index (χ0n) is 10.1. The van der Waals surface area contributed by atoms with Crippen molar-refractivity contribution >= 4 is 5.97 Å². The Kier molecular flexibility index (Phi) is 3.78. The molecule has 2 heterocycles. The molecule has 1 aromatic rings. The van der Waals surface area contributed by atoms with Crippen molar-refractivity contribution in [1.29, 1.82) is 0 Å². The zero-order chi connectivity index (χ0) is 12.3. The van der Waals surface area contributed by atoms with E-state index in [-0.39, 0.29) is 6.42 Å². The van der Waals surface area contributed by atoms with E-state index >= 15 is 0 Å². The van der Waals surface area contributed by atoms with E-state index < -0.39 is 5.97 Å². The van der Waals surface area contributed by atoms with Crippen molar-refractivity contribution in [3.63, 3.8) is 0 Å². The van der Waals surface area contributed by atoms with Crippen LogP contribution in [0.5, 0.6) is 0 Å². The zero-order valence-corrected chi connectivity index (χ0v) is 10.1. The summed E-state index contributed by atoms with van der Waals surface area (Å²) < 4.78 is 1.96. The van der Waals surface area contributed by atoms with Crippen molar-refractivity contribution in [2.24, 2.45) is 0 Å². The van der Waals surface area contributed by atoms with E-state index in [0.29, 0.717) is 18.6 Å². The number of carbonyl (C=O) groups is 1. The molecule has 1 fully saturated rings. The minimum absolute atomic E-state index is 0.225. The molecule has 5 nitrogen and oxygen atoms in total. The van der Waals surface area contributed by atoms with Gasteiger partial charge in [0.15, 0.2) is 0 Å². The molecule has 0 aliphatic carbocycles. The summed E-state index contributed by atoms with van der Waals surface area (Å²) in [6.07, 6.45) is 6.25. The largest absolute Gasteiger partial charge is 0.481 e. The number of hydrogen-bond acceptors (Lipinski definition) is 3. The maximum absolute atomic E-state index is 10.6. The number of carboxylic acids is 1. The van der Waals surface area contributed by atoms with E-state index in [4.69, 9.17) is 5.11 Å². The van der Waals surface area contributed by atoms with Crippen molar-refractivity contribution in [3.8, 4) is 0 Å². The molecule has 94 valence electrons. The number of aliphatic carboxylic acids is 1. The standard InChI is InChI=1S/C12H19N3O2/c1-10(15-8-3-6-13-15)11-4-2-7-14(11)9-5-12(16)17/h3,6,8,10-11H,2,4-5,7,9H2,1H3,(H,16,17)/t10-,11-/m0/s1. The second-order valence-electron chi connectivity index (χ2n) is 4.62. The summed E-state index contributed by atoms with van der Waals surface area (Å²) in [4.78, 5) is 12.9. The molecule has 1 saturated heterocycles. The third-order valence-corrected chi connectivity index (χ3v) is 3.53. The Hall–Kier alpha value is -1.36. The van der Waals surface area contributed by atoms with Gasteiger partial charge in [-0.05, 0) is 32.4 Å². The van der Waals surface area contributed by atoms with Gasteiger partial charge in [0, 0.05) is 25.0 Å². The lowest BCUT2D eigenvalue weighted by Crippen LogP contribution is -2.37. The number of hydrogen-bond donors (Lipinski definition) is 1. The van der Waals surface area contributed by atoms with E-state index in [9.17, 15) is 4.79 Å². The lowest BCUT2D eigenvalue weighted by Gasteiger charge is -2.29. The Bertz CT molecular complexity index is 364. The van der Waals surface area contributed by atoms with Gasteiger partial charge in [0.05, 0.1) is 12.5 Å². The second-order valence-corrected chi connectivity index (χ2v) is 4.62. The maximum atomic E-state index is 10.6. The highest BCUT2D eigenvalue weighted by Crippen LogP contribution is 2.26. The van der Waals surface area contributed by atoms with Gasteiger partial charge in [-0.3, -0.25) is 14.4 Å². The van der Waals surface area contributed by atoms with Crippen LogP contribution < -0.4 is 0 Å². The van der Waals surface area contributed by atoms with Crippen LogP contribution >= 0.6 is 0 Å². The molecular weight excluding hydrogens is 218 g/mol. The summed E-state index contributed by atoms with van der Waals surface area (Å²) in [6.45, 7) is 3.80. The SMILES string of the molecule is C[C@@H]([C@@H]1CCCN1CCC(=O)O)n1cccn1. The topological polar surface area (TPSA) is 58.4 Å². The van der Waals surface area contributed by atoms with Gasteiger partial charge >= 0.3 is 5.97 Å². The predicted octanol–water partition coefficient (Wildman–Crippen LogP) is 1.38. The summed E-state index contributed by atoms with van der Waals surface area (Å²) in [7, 11) is 0. The number of nitrogens with zero attached hydrogens (tertiary/aromatic N) is 3. The summed E-state index contributed by atoms with van der Waals surface area (Å²) in [5.41, 5.74) is 0. The van der Waals surface area contributed by atoms with Crippen molar-refractivity contribution in [1.82, 2.24) is 14.7 Å². The third-order valence-electron chi connectivity index (χ3n) is 3.53. The highest BCUT2D eigenvalue weighted by atomic mass is 16.4. The van der Waals surface area contributed by atoms with E-state index in [1.165, 1.54) is 0 Å². The molecule has 0 unspecified atom stereocenters. The Labute approximate surface area is 101 Å². The lowest BCUT2D eigenvalue weighted by molar-refractivity contribution is -0.137. The van der Waals surface area contributed by atoms with Crippen LogP contribution in [0.2, 0.25) is 0 Å².